The molecular formula is C15H30N2O. The van der Waals surface area contributed by atoms with Crippen molar-refractivity contribution in [3.8, 4) is 0 Å². The molecule has 0 spiro atoms. The Morgan fingerprint density at radius 3 is 2.72 bits per heavy atom. The van der Waals surface area contributed by atoms with Crippen LogP contribution in [0.5, 0.6) is 0 Å². The van der Waals surface area contributed by atoms with Crippen LogP contribution in [0.1, 0.15) is 46.0 Å². The lowest BCUT2D eigenvalue weighted by atomic mass is 9.85. The Labute approximate surface area is 112 Å². The number of hydrogen-bond acceptors (Lipinski definition) is 3. The second-order valence-corrected chi connectivity index (χ2v) is 6.85. The normalized spacial score (nSPS) is 26.8. The summed E-state index contributed by atoms with van der Waals surface area (Å²) in [5.74, 6) is 0. The Kier molecular flexibility index (Phi) is 5.05. The molecule has 1 heterocycles. The zero-order valence-corrected chi connectivity index (χ0v) is 12.4. The van der Waals surface area contributed by atoms with Crippen molar-refractivity contribution in [2.75, 3.05) is 33.4 Å². The van der Waals surface area contributed by atoms with Crippen molar-refractivity contribution in [3.63, 3.8) is 0 Å². The van der Waals surface area contributed by atoms with Crippen LogP contribution < -0.4 is 5.32 Å². The molecule has 1 unspecified atom stereocenters. The predicted molar refractivity (Wildman–Crippen MR) is 75.9 cm³/mol. The summed E-state index contributed by atoms with van der Waals surface area (Å²) in [5.41, 5.74) is 0.524. The van der Waals surface area contributed by atoms with Crippen molar-refractivity contribution in [2.24, 2.45) is 5.41 Å². The van der Waals surface area contributed by atoms with Gasteiger partial charge in [0.25, 0.3) is 0 Å². The number of rotatable bonds is 6. The molecule has 2 rings (SSSR count). The molecule has 18 heavy (non-hydrogen) atoms. The molecule has 1 saturated heterocycles. The van der Waals surface area contributed by atoms with E-state index in [0.717, 1.165) is 19.2 Å². The molecule has 1 aliphatic carbocycles. The van der Waals surface area contributed by atoms with Crippen LogP contribution in [0.25, 0.3) is 0 Å². The summed E-state index contributed by atoms with van der Waals surface area (Å²) in [6, 6.07) is 1.36. The van der Waals surface area contributed by atoms with Crippen LogP contribution in [-0.4, -0.2) is 50.3 Å². The number of nitrogens with zero attached hydrogens (tertiary/aromatic N) is 1. The number of hydrogen-bond donors (Lipinski definition) is 1. The Hall–Kier alpha value is -0.120. The molecule has 0 bridgehead atoms. The van der Waals surface area contributed by atoms with E-state index in [1.807, 2.05) is 7.11 Å². The van der Waals surface area contributed by atoms with E-state index in [0.29, 0.717) is 11.5 Å². The average molecular weight is 254 g/mol. The van der Waals surface area contributed by atoms with Gasteiger partial charge in [-0.05, 0) is 50.6 Å². The standard InChI is InChI=1S/C15H30N2O/c1-15(2)7-4-9-17(10-8-15)14(12-18-3)11-16-13-5-6-13/h13-14,16H,4-12H2,1-3H3. The molecule has 3 nitrogen and oxygen atoms in total. The summed E-state index contributed by atoms with van der Waals surface area (Å²) in [4.78, 5) is 2.65. The monoisotopic (exact) mass is 254 g/mol. The van der Waals surface area contributed by atoms with E-state index in [-0.39, 0.29) is 0 Å². The van der Waals surface area contributed by atoms with Crippen molar-refractivity contribution in [3.05, 3.63) is 0 Å². The van der Waals surface area contributed by atoms with E-state index in [1.54, 1.807) is 0 Å². The SMILES string of the molecule is COCC(CNC1CC1)N1CCCC(C)(C)CC1. The molecule has 1 aliphatic heterocycles. The molecular weight excluding hydrogens is 224 g/mol. The second-order valence-electron chi connectivity index (χ2n) is 6.85. The first-order valence-corrected chi connectivity index (χ1v) is 7.57. The number of nitrogens with one attached hydrogen (secondary N) is 1. The first-order chi connectivity index (χ1) is 8.61. The molecule has 1 N–H and O–H groups in total. The molecule has 3 heteroatoms. The molecule has 106 valence electrons. The zero-order valence-electron chi connectivity index (χ0n) is 12.4. The fourth-order valence-corrected chi connectivity index (χ4v) is 2.88. The van der Waals surface area contributed by atoms with Gasteiger partial charge in [0, 0.05) is 25.7 Å². The van der Waals surface area contributed by atoms with Gasteiger partial charge in [0.1, 0.15) is 0 Å². The van der Waals surface area contributed by atoms with Crippen molar-refractivity contribution in [1.29, 1.82) is 0 Å². The van der Waals surface area contributed by atoms with E-state index < -0.39 is 0 Å². The van der Waals surface area contributed by atoms with E-state index in [4.69, 9.17) is 4.74 Å². The van der Waals surface area contributed by atoms with Gasteiger partial charge in [0.2, 0.25) is 0 Å². The Balaban J connectivity index is 1.83. The first-order valence-electron chi connectivity index (χ1n) is 7.57. The molecule has 0 aromatic heterocycles. The quantitative estimate of drug-likeness (QED) is 0.787. The summed E-state index contributed by atoms with van der Waals surface area (Å²) in [7, 11) is 1.83. The maximum atomic E-state index is 5.42. The Bertz CT molecular complexity index is 251. The fourth-order valence-electron chi connectivity index (χ4n) is 2.88. The van der Waals surface area contributed by atoms with Crippen LogP contribution >= 0.6 is 0 Å². The summed E-state index contributed by atoms with van der Waals surface area (Å²) in [5, 5.41) is 3.66. The molecule has 1 saturated carbocycles. The van der Waals surface area contributed by atoms with Gasteiger partial charge in [0.15, 0.2) is 0 Å². The highest BCUT2D eigenvalue weighted by Crippen LogP contribution is 2.30. The van der Waals surface area contributed by atoms with Gasteiger partial charge in [-0.15, -0.1) is 0 Å². The lowest BCUT2D eigenvalue weighted by Crippen LogP contribution is -2.46. The maximum absolute atomic E-state index is 5.42. The predicted octanol–water partition coefficient (Wildman–Crippen LogP) is 2.27. The zero-order chi connectivity index (χ0) is 13.0. The largest absolute Gasteiger partial charge is 0.383 e. The van der Waals surface area contributed by atoms with Gasteiger partial charge in [-0.2, -0.15) is 0 Å². The van der Waals surface area contributed by atoms with Gasteiger partial charge in [0.05, 0.1) is 6.61 Å². The van der Waals surface area contributed by atoms with Gasteiger partial charge in [-0.3, -0.25) is 4.90 Å². The minimum absolute atomic E-state index is 0.524. The van der Waals surface area contributed by atoms with Gasteiger partial charge < -0.3 is 10.1 Å². The van der Waals surface area contributed by atoms with Crippen LogP contribution in [0.3, 0.4) is 0 Å². The van der Waals surface area contributed by atoms with E-state index in [1.165, 1.54) is 45.2 Å². The van der Waals surface area contributed by atoms with Gasteiger partial charge in [-0.1, -0.05) is 13.8 Å². The number of likely N-dealkylation sites (tertiary alicyclic amines) is 1. The third-order valence-corrected chi connectivity index (χ3v) is 4.47. The fraction of sp³-hybridized carbons (Fsp3) is 1.00. The Morgan fingerprint density at radius 1 is 1.28 bits per heavy atom. The van der Waals surface area contributed by atoms with Crippen molar-refractivity contribution < 1.29 is 4.74 Å². The van der Waals surface area contributed by atoms with E-state index in [2.05, 4.69) is 24.1 Å². The molecule has 2 aliphatic rings. The van der Waals surface area contributed by atoms with E-state index in [9.17, 15) is 0 Å². The molecule has 0 aromatic carbocycles. The topological polar surface area (TPSA) is 24.5 Å². The highest BCUT2D eigenvalue weighted by molar-refractivity contribution is 4.86. The highest BCUT2D eigenvalue weighted by Gasteiger charge is 2.28. The van der Waals surface area contributed by atoms with Gasteiger partial charge >= 0.3 is 0 Å². The third-order valence-electron chi connectivity index (χ3n) is 4.47. The summed E-state index contributed by atoms with van der Waals surface area (Å²) in [6.45, 7) is 9.24. The Morgan fingerprint density at radius 2 is 2.06 bits per heavy atom. The number of methoxy groups -OCH3 is 1. The molecule has 2 fully saturated rings. The summed E-state index contributed by atoms with van der Waals surface area (Å²) >= 11 is 0. The molecule has 1 atom stereocenters. The molecule has 0 radical (unpaired) electrons. The third kappa shape index (κ3) is 4.52. The van der Waals surface area contributed by atoms with Crippen LogP contribution in [0.15, 0.2) is 0 Å². The average Bonchev–Trinajstić information content (AvgIpc) is 3.12. The van der Waals surface area contributed by atoms with E-state index >= 15 is 0 Å². The first kappa shape index (κ1) is 14.3. The maximum Gasteiger partial charge on any atom is 0.0630 e. The van der Waals surface area contributed by atoms with Crippen LogP contribution in [-0.2, 0) is 4.74 Å². The van der Waals surface area contributed by atoms with Crippen LogP contribution in [0.4, 0.5) is 0 Å². The highest BCUT2D eigenvalue weighted by atomic mass is 16.5. The summed E-state index contributed by atoms with van der Waals surface area (Å²) in [6.07, 6.45) is 6.74. The van der Waals surface area contributed by atoms with Crippen LogP contribution in [0.2, 0.25) is 0 Å². The molecule has 0 aromatic rings. The van der Waals surface area contributed by atoms with Crippen molar-refractivity contribution in [2.45, 2.75) is 58.0 Å². The lowest BCUT2D eigenvalue weighted by molar-refractivity contribution is 0.0890. The van der Waals surface area contributed by atoms with Crippen molar-refractivity contribution >= 4 is 0 Å². The minimum Gasteiger partial charge on any atom is -0.383 e. The van der Waals surface area contributed by atoms with Crippen LogP contribution in [0, 0.1) is 5.41 Å². The summed E-state index contributed by atoms with van der Waals surface area (Å²) < 4.78 is 5.42. The smallest absolute Gasteiger partial charge is 0.0630 e. The lowest BCUT2D eigenvalue weighted by Gasteiger charge is -2.31. The number of ether oxygens (including phenoxy) is 1. The second kappa shape index (κ2) is 6.36. The van der Waals surface area contributed by atoms with Gasteiger partial charge in [-0.25, -0.2) is 0 Å². The minimum atomic E-state index is 0.524. The van der Waals surface area contributed by atoms with Crippen molar-refractivity contribution in [1.82, 2.24) is 10.2 Å². The molecule has 0 amide bonds.